The fourth-order valence-corrected chi connectivity index (χ4v) is 2.60. The third-order valence-electron chi connectivity index (χ3n) is 3.02. The number of nitrogens with zero attached hydrogens (tertiary/aromatic N) is 4. The smallest absolute Gasteiger partial charge is 0.258 e. The highest BCUT2D eigenvalue weighted by molar-refractivity contribution is 7.04. The van der Waals surface area contributed by atoms with E-state index in [0.29, 0.717) is 12.1 Å². The minimum absolute atomic E-state index is 0.134. The van der Waals surface area contributed by atoms with Crippen LogP contribution in [-0.4, -0.2) is 25.0 Å². The molecule has 0 bridgehead atoms. The van der Waals surface area contributed by atoms with E-state index in [-0.39, 0.29) is 5.91 Å². The first kappa shape index (κ1) is 13.4. The number of carbonyl (C=O) groups is 1. The van der Waals surface area contributed by atoms with Crippen molar-refractivity contribution in [2.45, 2.75) is 13.5 Å². The molecule has 0 spiro atoms. The molecule has 0 aliphatic rings. The molecule has 0 saturated heterocycles. The number of aromatic nitrogens is 4. The van der Waals surface area contributed by atoms with Gasteiger partial charge >= 0.3 is 0 Å². The molecule has 1 aromatic carbocycles. The molecule has 7 heteroatoms. The fraction of sp³-hybridized carbons (Fsp3) is 0.143. The second-order valence-corrected chi connectivity index (χ2v) is 5.19. The molecule has 0 aliphatic carbocycles. The van der Waals surface area contributed by atoms with E-state index in [4.69, 9.17) is 0 Å². The summed E-state index contributed by atoms with van der Waals surface area (Å²) in [6.07, 6.45) is 3.17. The maximum atomic E-state index is 12.1. The standard InChI is InChI=1S/C14H13N5OS/c1-10-13(7-21-18-10)14(20)17-12-4-2-11(3-5-12)6-19-9-15-8-16-19/h2-5,7-9H,6H2,1H3,(H,17,20). The molecule has 0 radical (unpaired) electrons. The van der Waals surface area contributed by atoms with Crippen molar-refractivity contribution in [1.82, 2.24) is 19.1 Å². The van der Waals surface area contributed by atoms with Crippen molar-refractivity contribution in [1.29, 1.82) is 0 Å². The van der Waals surface area contributed by atoms with Crippen molar-refractivity contribution >= 4 is 23.1 Å². The van der Waals surface area contributed by atoms with E-state index in [1.165, 1.54) is 17.9 Å². The molecule has 3 aromatic rings. The number of amides is 1. The van der Waals surface area contributed by atoms with Gasteiger partial charge in [0.2, 0.25) is 0 Å². The number of nitrogens with one attached hydrogen (secondary N) is 1. The lowest BCUT2D eigenvalue weighted by molar-refractivity contribution is 0.102. The van der Waals surface area contributed by atoms with Gasteiger partial charge in [0.05, 0.1) is 17.8 Å². The quantitative estimate of drug-likeness (QED) is 0.802. The van der Waals surface area contributed by atoms with Gasteiger partial charge < -0.3 is 5.32 Å². The number of aryl methyl sites for hydroxylation is 1. The van der Waals surface area contributed by atoms with Crippen LogP contribution in [0.25, 0.3) is 0 Å². The van der Waals surface area contributed by atoms with Crippen molar-refractivity contribution in [3.63, 3.8) is 0 Å². The van der Waals surface area contributed by atoms with Gasteiger partial charge in [-0.2, -0.15) is 9.47 Å². The lowest BCUT2D eigenvalue weighted by Gasteiger charge is -2.06. The average molecular weight is 299 g/mol. The minimum Gasteiger partial charge on any atom is -0.322 e. The van der Waals surface area contributed by atoms with Crippen LogP contribution in [0.5, 0.6) is 0 Å². The van der Waals surface area contributed by atoms with Gasteiger partial charge in [0, 0.05) is 11.1 Å². The Hall–Kier alpha value is -2.54. The fourth-order valence-electron chi connectivity index (χ4n) is 1.90. The Labute approximate surface area is 125 Å². The maximum Gasteiger partial charge on any atom is 0.258 e. The maximum absolute atomic E-state index is 12.1. The first-order chi connectivity index (χ1) is 10.2. The summed E-state index contributed by atoms with van der Waals surface area (Å²) in [6, 6.07) is 7.66. The lowest BCUT2D eigenvalue weighted by Crippen LogP contribution is -2.12. The zero-order chi connectivity index (χ0) is 14.7. The third kappa shape index (κ3) is 3.14. The summed E-state index contributed by atoms with van der Waals surface area (Å²) in [6.45, 7) is 2.48. The second-order valence-electron chi connectivity index (χ2n) is 4.56. The molecule has 1 N–H and O–H groups in total. The van der Waals surface area contributed by atoms with Gasteiger partial charge in [0.15, 0.2) is 0 Å². The summed E-state index contributed by atoms with van der Waals surface area (Å²) in [4.78, 5) is 16.0. The van der Waals surface area contributed by atoms with Crippen LogP contribution in [0.2, 0.25) is 0 Å². The van der Waals surface area contributed by atoms with E-state index in [9.17, 15) is 4.79 Å². The monoisotopic (exact) mass is 299 g/mol. The molecule has 0 saturated carbocycles. The molecule has 0 unspecified atom stereocenters. The van der Waals surface area contributed by atoms with Crippen molar-refractivity contribution in [2.24, 2.45) is 0 Å². The summed E-state index contributed by atoms with van der Waals surface area (Å²) in [5.74, 6) is -0.134. The average Bonchev–Trinajstić information content (AvgIpc) is 3.12. The number of rotatable bonds is 4. The van der Waals surface area contributed by atoms with Crippen molar-refractivity contribution in [3.05, 3.63) is 59.1 Å². The van der Waals surface area contributed by atoms with Crippen LogP contribution in [0.15, 0.2) is 42.3 Å². The Kier molecular flexibility index (Phi) is 3.74. The SMILES string of the molecule is Cc1nscc1C(=O)Nc1ccc(Cn2cncn2)cc1. The van der Waals surface area contributed by atoms with Gasteiger partial charge in [-0.25, -0.2) is 9.67 Å². The number of carbonyl (C=O) groups excluding carboxylic acids is 1. The van der Waals surface area contributed by atoms with Gasteiger partial charge in [-0.1, -0.05) is 12.1 Å². The topological polar surface area (TPSA) is 72.7 Å². The van der Waals surface area contributed by atoms with Gasteiger partial charge in [-0.3, -0.25) is 4.79 Å². The van der Waals surface area contributed by atoms with Crippen LogP contribution in [0.4, 0.5) is 5.69 Å². The number of hydrogen-bond donors (Lipinski definition) is 1. The number of hydrogen-bond acceptors (Lipinski definition) is 5. The summed E-state index contributed by atoms with van der Waals surface area (Å²) < 4.78 is 5.84. The molecule has 0 fully saturated rings. The second kappa shape index (κ2) is 5.84. The molecule has 0 aliphatic heterocycles. The molecule has 106 valence electrons. The van der Waals surface area contributed by atoms with Crippen LogP contribution < -0.4 is 5.32 Å². The molecule has 1 amide bonds. The predicted octanol–water partition coefficient (Wildman–Crippen LogP) is 2.34. The molecular formula is C14H13N5OS. The van der Waals surface area contributed by atoms with Crippen molar-refractivity contribution in [3.8, 4) is 0 Å². The van der Waals surface area contributed by atoms with Crippen LogP contribution in [0.3, 0.4) is 0 Å². The molecule has 2 heterocycles. The molecule has 0 atom stereocenters. The summed E-state index contributed by atoms with van der Waals surface area (Å²) in [5, 5.41) is 8.67. The lowest BCUT2D eigenvalue weighted by atomic mass is 10.2. The van der Waals surface area contributed by atoms with E-state index < -0.39 is 0 Å². The van der Waals surface area contributed by atoms with Crippen molar-refractivity contribution in [2.75, 3.05) is 5.32 Å². The first-order valence-corrected chi connectivity index (χ1v) is 7.20. The highest BCUT2D eigenvalue weighted by Gasteiger charge is 2.11. The molecule has 21 heavy (non-hydrogen) atoms. The molecule has 2 aromatic heterocycles. The third-order valence-corrected chi connectivity index (χ3v) is 3.74. The molecule has 6 nitrogen and oxygen atoms in total. The Bertz CT molecular complexity index is 733. The van der Waals surface area contributed by atoms with E-state index in [2.05, 4.69) is 19.8 Å². The van der Waals surface area contributed by atoms with E-state index in [1.807, 2.05) is 31.2 Å². The Morgan fingerprint density at radius 3 is 2.76 bits per heavy atom. The van der Waals surface area contributed by atoms with Crippen LogP contribution >= 0.6 is 11.5 Å². The zero-order valence-electron chi connectivity index (χ0n) is 11.4. The van der Waals surface area contributed by atoms with Crippen LogP contribution in [0, 0.1) is 6.92 Å². The largest absolute Gasteiger partial charge is 0.322 e. The normalized spacial score (nSPS) is 10.5. The van der Waals surface area contributed by atoms with Crippen molar-refractivity contribution < 1.29 is 4.79 Å². The van der Waals surface area contributed by atoms with Crippen LogP contribution in [0.1, 0.15) is 21.6 Å². The van der Waals surface area contributed by atoms with Crippen LogP contribution in [-0.2, 0) is 6.54 Å². The number of anilines is 1. The zero-order valence-corrected chi connectivity index (χ0v) is 12.2. The van der Waals surface area contributed by atoms with Gasteiger partial charge in [-0.15, -0.1) is 0 Å². The van der Waals surface area contributed by atoms with Gasteiger partial charge in [0.25, 0.3) is 5.91 Å². The Balaban J connectivity index is 1.67. The van der Waals surface area contributed by atoms with Gasteiger partial charge in [0.1, 0.15) is 12.7 Å². The summed E-state index contributed by atoms with van der Waals surface area (Å²) >= 11 is 1.28. The molecular weight excluding hydrogens is 286 g/mol. The van der Waals surface area contributed by atoms with E-state index >= 15 is 0 Å². The van der Waals surface area contributed by atoms with Gasteiger partial charge in [-0.05, 0) is 36.2 Å². The Morgan fingerprint density at radius 2 is 2.14 bits per heavy atom. The molecule has 3 rings (SSSR count). The minimum atomic E-state index is -0.134. The number of benzene rings is 1. The summed E-state index contributed by atoms with van der Waals surface area (Å²) in [7, 11) is 0. The highest BCUT2D eigenvalue weighted by atomic mass is 32.1. The van der Waals surface area contributed by atoms with E-state index in [0.717, 1.165) is 16.9 Å². The highest BCUT2D eigenvalue weighted by Crippen LogP contribution is 2.14. The first-order valence-electron chi connectivity index (χ1n) is 6.36. The predicted molar refractivity (Wildman–Crippen MR) is 80.4 cm³/mol. The Morgan fingerprint density at radius 1 is 1.33 bits per heavy atom. The van der Waals surface area contributed by atoms with E-state index in [1.54, 1.807) is 16.4 Å². The summed E-state index contributed by atoms with van der Waals surface area (Å²) in [5.41, 5.74) is 3.21.